The van der Waals surface area contributed by atoms with Crippen LogP contribution in [-0.2, 0) is 16.0 Å². The summed E-state index contributed by atoms with van der Waals surface area (Å²) in [7, 11) is -1.96. The zero-order valence-electron chi connectivity index (χ0n) is 8.67. The van der Waals surface area contributed by atoms with E-state index in [9.17, 15) is 21.1 Å². The Labute approximate surface area is 91.7 Å². The molecular weight excluding hydrogens is 243 g/mol. The van der Waals surface area contributed by atoms with Crippen molar-refractivity contribution in [2.45, 2.75) is 5.75 Å². The highest BCUT2D eigenvalue weighted by Crippen LogP contribution is 2.26. The van der Waals surface area contributed by atoms with Gasteiger partial charge in [-0.05, 0) is 11.6 Å². The molecule has 0 saturated carbocycles. The molecule has 0 unspecified atom stereocenters. The second-order valence-electron chi connectivity index (χ2n) is 3.45. The van der Waals surface area contributed by atoms with Crippen LogP contribution in [0.3, 0.4) is 0 Å². The summed E-state index contributed by atoms with van der Waals surface area (Å²) in [5.41, 5.74) is -0.382. The van der Waals surface area contributed by atoms with E-state index in [1.54, 1.807) is 0 Å². The highest BCUT2D eigenvalue weighted by atomic mass is 32.3. The van der Waals surface area contributed by atoms with Crippen molar-refractivity contribution in [3.63, 3.8) is 0 Å². The lowest BCUT2D eigenvalue weighted by atomic mass is 10.1. The summed E-state index contributed by atoms with van der Waals surface area (Å²) in [5.74, 6) is -3.27. The fourth-order valence-corrected chi connectivity index (χ4v) is 1.97. The zero-order valence-corrected chi connectivity index (χ0v) is 9.48. The van der Waals surface area contributed by atoms with Crippen molar-refractivity contribution in [3.8, 4) is 0 Å². The average molecular weight is 253 g/mol. The average Bonchev–Trinajstić information content (AvgIpc) is 2.08. The van der Waals surface area contributed by atoms with Crippen molar-refractivity contribution in [1.82, 2.24) is 0 Å². The van der Waals surface area contributed by atoms with E-state index >= 15 is 0 Å². The Bertz CT molecular complexity index is 500. The van der Waals surface area contributed by atoms with Crippen molar-refractivity contribution in [1.29, 1.82) is 0 Å². The third-order valence-electron chi connectivity index (χ3n) is 1.93. The molecule has 0 spiro atoms. The molecule has 0 N–H and O–H groups in total. The number of nitrogens with zero attached hydrogens (tertiary/aromatic N) is 1. The van der Waals surface area contributed by atoms with Gasteiger partial charge in [-0.2, -0.15) is 8.42 Å². The second kappa shape index (κ2) is 4.32. The highest BCUT2D eigenvalue weighted by molar-refractivity contribution is 7.85. The van der Waals surface area contributed by atoms with Crippen LogP contribution in [0, 0.1) is 11.6 Å². The van der Waals surface area contributed by atoms with E-state index in [1.807, 2.05) is 0 Å². The second-order valence-corrected chi connectivity index (χ2v) is 4.81. The molecule has 0 aliphatic carbocycles. The van der Waals surface area contributed by atoms with Gasteiger partial charge < -0.3 is 4.90 Å². The predicted molar refractivity (Wildman–Crippen MR) is 54.4 cm³/mol. The Balaban J connectivity index is 3.35. The van der Waals surface area contributed by atoms with Crippen molar-refractivity contribution >= 4 is 15.9 Å². The lowest BCUT2D eigenvalue weighted by Gasteiger charge is -2.17. The van der Waals surface area contributed by atoms with E-state index in [2.05, 4.69) is 0 Å². The molecule has 0 aliphatic rings. The maximum atomic E-state index is 13.4. The van der Waals surface area contributed by atoms with E-state index in [0.717, 1.165) is 12.1 Å². The number of benzene rings is 1. The first-order chi connectivity index (χ1) is 7.22. The summed E-state index contributed by atoms with van der Waals surface area (Å²) in [6.45, 7) is 0. The van der Waals surface area contributed by atoms with E-state index in [-0.39, 0.29) is 11.3 Å². The van der Waals surface area contributed by atoms with Gasteiger partial charge in [0.05, 0.1) is 5.69 Å². The minimum absolute atomic E-state index is 0.119. The predicted octanol–water partition coefficient (Wildman–Crippen LogP) is 1.83. The Hall–Kier alpha value is -1.24. The Morgan fingerprint density at radius 1 is 1.25 bits per heavy atom. The van der Waals surface area contributed by atoms with Crippen LogP contribution in [0.4, 0.5) is 18.4 Å². The normalized spacial score (nSPS) is 11.6. The van der Waals surface area contributed by atoms with Crippen LogP contribution in [0.5, 0.6) is 0 Å². The van der Waals surface area contributed by atoms with Gasteiger partial charge in [-0.15, -0.1) is 3.89 Å². The topological polar surface area (TPSA) is 37.4 Å². The molecule has 0 radical (unpaired) electrons. The van der Waals surface area contributed by atoms with Gasteiger partial charge >= 0.3 is 10.2 Å². The third-order valence-corrected chi connectivity index (χ3v) is 2.58. The van der Waals surface area contributed by atoms with Gasteiger partial charge in [0.2, 0.25) is 0 Å². The Morgan fingerprint density at radius 2 is 1.81 bits per heavy atom. The monoisotopic (exact) mass is 253 g/mol. The van der Waals surface area contributed by atoms with Crippen LogP contribution >= 0.6 is 0 Å². The molecule has 0 amide bonds. The van der Waals surface area contributed by atoms with Crippen molar-refractivity contribution in [3.05, 3.63) is 29.3 Å². The maximum absolute atomic E-state index is 13.4. The number of hydrogen-bond donors (Lipinski definition) is 0. The summed E-state index contributed by atoms with van der Waals surface area (Å²) in [6, 6.07) is 1.81. The number of halogens is 3. The molecule has 7 heteroatoms. The van der Waals surface area contributed by atoms with Crippen molar-refractivity contribution in [2.75, 3.05) is 19.0 Å². The summed E-state index contributed by atoms with van der Waals surface area (Å²) < 4.78 is 59.7. The molecule has 0 heterocycles. The van der Waals surface area contributed by atoms with Crippen LogP contribution in [-0.4, -0.2) is 22.5 Å². The van der Waals surface area contributed by atoms with Crippen LogP contribution in [0.1, 0.15) is 5.56 Å². The molecule has 3 nitrogen and oxygen atoms in total. The van der Waals surface area contributed by atoms with Gasteiger partial charge in [0, 0.05) is 14.1 Å². The molecule has 16 heavy (non-hydrogen) atoms. The fourth-order valence-electron chi connectivity index (χ4n) is 1.37. The summed E-state index contributed by atoms with van der Waals surface area (Å²) in [5, 5.41) is 0. The molecular formula is C9H10F3NO2S. The minimum Gasteiger partial charge on any atom is -0.375 e. The van der Waals surface area contributed by atoms with Crippen LogP contribution in [0.25, 0.3) is 0 Å². The standard InChI is InChI=1S/C9H10F3NO2S/c1-13(2)9-6(5-16(12,14)15)3-4-7(10)8(9)11/h3-4H,5H2,1-2H3. The number of anilines is 1. The molecule has 0 fully saturated rings. The number of rotatable bonds is 3. The van der Waals surface area contributed by atoms with Gasteiger partial charge in [-0.1, -0.05) is 6.07 Å². The molecule has 1 aromatic carbocycles. The first-order valence-electron chi connectivity index (χ1n) is 4.29. The third kappa shape index (κ3) is 2.88. The Morgan fingerprint density at radius 3 is 2.25 bits per heavy atom. The molecule has 0 atom stereocenters. The molecule has 1 aromatic rings. The SMILES string of the molecule is CN(C)c1c(CS(=O)(=O)F)ccc(F)c1F. The van der Waals surface area contributed by atoms with Gasteiger partial charge in [0.25, 0.3) is 0 Å². The summed E-state index contributed by atoms with van der Waals surface area (Å²) >= 11 is 0. The molecule has 0 bridgehead atoms. The van der Waals surface area contributed by atoms with E-state index < -0.39 is 27.6 Å². The molecule has 1 rings (SSSR count). The van der Waals surface area contributed by atoms with Crippen LogP contribution < -0.4 is 4.90 Å². The first-order valence-corrected chi connectivity index (χ1v) is 5.84. The van der Waals surface area contributed by atoms with Gasteiger partial charge in [0.1, 0.15) is 5.75 Å². The lowest BCUT2D eigenvalue weighted by Crippen LogP contribution is -2.15. The summed E-state index contributed by atoms with van der Waals surface area (Å²) in [6.07, 6.45) is 0. The molecule has 90 valence electrons. The lowest BCUT2D eigenvalue weighted by molar-refractivity contribution is 0.507. The van der Waals surface area contributed by atoms with Crippen LogP contribution in [0.15, 0.2) is 12.1 Å². The molecule has 0 aliphatic heterocycles. The van der Waals surface area contributed by atoms with E-state index in [1.165, 1.54) is 19.0 Å². The minimum atomic E-state index is -4.78. The quantitative estimate of drug-likeness (QED) is 0.771. The van der Waals surface area contributed by atoms with Crippen molar-refractivity contribution < 1.29 is 21.1 Å². The van der Waals surface area contributed by atoms with E-state index in [0.29, 0.717) is 0 Å². The van der Waals surface area contributed by atoms with Gasteiger partial charge in [-0.25, -0.2) is 8.78 Å². The zero-order chi connectivity index (χ0) is 12.5. The van der Waals surface area contributed by atoms with Crippen molar-refractivity contribution in [2.24, 2.45) is 0 Å². The smallest absolute Gasteiger partial charge is 0.306 e. The Kier molecular flexibility index (Phi) is 3.47. The first kappa shape index (κ1) is 12.8. The van der Waals surface area contributed by atoms with Gasteiger partial charge in [0.15, 0.2) is 11.6 Å². The molecule has 0 saturated heterocycles. The summed E-state index contributed by atoms with van der Waals surface area (Å²) in [4.78, 5) is 1.19. The van der Waals surface area contributed by atoms with E-state index in [4.69, 9.17) is 0 Å². The largest absolute Gasteiger partial charge is 0.375 e. The molecule has 0 aromatic heterocycles. The number of hydrogen-bond acceptors (Lipinski definition) is 3. The fraction of sp³-hybridized carbons (Fsp3) is 0.333. The maximum Gasteiger partial charge on any atom is 0.306 e. The van der Waals surface area contributed by atoms with Crippen LogP contribution in [0.2, 0.25) is 0 Å². The highest BCUT2D eigenvalue weighted by Gasteiger charge is 2.19. The van der Waals surface area contributed by atoms with Gasteiger partial charge in [-0.3, -0.25) is 0 Å².